The van der Waals surface area contributed by atoms with Gasteiger partial charge in [-0.05, 0) is 60.4 Å². The van der Waals surface area contributed by atoms with Gasteiger partial charge in [0.25, 0.3) is 17.5 Å². The van der Waals surface area contributed by atoms with Crippen molar-refractivity contribution in [2.75, 3.05) is 11.5 Å². The molecule has 1 aliphatic heterocycles. The summed E-state index contributed by atoms with van der Waals surface area (Å²) in [5.41, 5.74) is 1.93. The van der Waals surface area contributed by atoms with Crippen LogP contribution in [0.15, 0.2) is 66.2 Å². The van der Waals surface area contributed by atoms with Crippen molar-refractivity contribution in [1.29, 1.82) is 0 Å². The van der Waals surface area contributed by atoms with Crippen LogP contribution in [0.1, 0.15) is 30.5 Å². The average Bonchev–Trinajstić information content (AvgIpc) is 2.91. The number of barbiturate groups is 1. The molecule has 3 aromatic rings. The van der Waals surface area contributed by atoms with E-state index in [1.807, 2.05) is 6.92 Å². The zero-order chi connectivity index (χ0) is 28.1. The molecular weight excluding hydrogens is 526 g/mol. The number of hydrogen-bond donors (Lipinski definition) is 1. The Morgan fingerprint density at radius 1 is 1.00 bits per heavy atom. The predicted molar refractivity (Wildman–Crippen MR) is 145 cm³/mol. The van der Waals surface area contributed by atoms with Crippen molar-refractivity contribution in [3.8, 4) is 11.5 Å². The number of halogens is 1. The Morgan fingerprint density at radius 3 is 2.41 bits per heavy atom. The zero-order valence-corrected chi connectivity index (χ0v) is 21.9. The summed E-state index contributed by atoms with van der Waals surface area (Å²) < 4.78 is 11.5. The standard InChI is InChI=1S/C28H24ClN3O7/c1-3-17-8-10-20(11-9-17)31-27(34)22(26(33)30-28(31)35)13-19-14-23(29)25(24(15-19)38-4-2)39-16-18-6-5-7-21(12-18)32(36)37/h5-15H,3-4,16H2,1-2H3,(H,30,33,35)/b22-13-. The molecule has 0 bridgehead atoms. The summed E-state index contributed by atoms with van der Waals surface area (Å²) in [6.07, 6.45) is 2.11. The third-order valence-corrected chi connectivity index (χ3v) is 6.13. The van der Waals surface area contributed by atoms with Gasteiger partial charge >= 0.3 is 6.03 Å². The van der Waals surface area contributed by atoms with Crippen molar-refractivity contribution in [3.63, 3.8) is 0 Å². The van der Waals surface area contributed by atoms with E-state index in [4.69, 9.17) is 21.1 Å². The monoisotopic (exact) mass is 549 g/mol. The molecule has 0 radical (unpaired) electrons. The molecule has 4 amide bonds. The molecule has 1 saturated heterocycles. The van der Waals surface area contributed by atoms with E-state index in [1.54, 1.807) is 49.4 Å². The van der Waals surface area contributed by atoms with Gasteiger partial charge in [0.15, 0.2) is 11.5 Å². The van der Waals surface area contributed by atoms with E-state index >= 15 is 0 Å². The number of ether oxygens (including phenoxy) is 2. The average molecular weight is 550 g/mol. The second-order valence-electron chi connectivity index (χ2n) is 8.46. The molecule has 0 aromatic heterocycles. The Hall–Kier alpha value is -4.70. The molecule has 1 aliphatic rings. The van der Waals surface area contributed by atoms with Gasteiger partial charge in [-0.1, -0.05) is 42.8 Å². The summed E-state index contributed by atoms with van der Waals surface area (Å²) >= 11 is 6.49. The molecule has 1 heterocycles. The SMILES string of the molecule is CCOc1cc(/C=C2/C(=O)NC(=O)N(c3ccc(CC)cc3)C2=O)cc(Cl)c1OCc1cccc([N+](=O)[O-])c1. The molecule has 0 unspecified atom stereocenters. The number of nitro groups is 1. The summed E-state index contributed by atoms with van der Waals surface area (Å²) in [5, 5.41) is 13.4. The van der Waals surface area contributed by atoms with Crippen LogP contribution in [0.5, 0.6) is 11.5 Å². The number of carbonyl (C=O) groups is 3. The van der Waals surface area contributed by atoms with Crippen LogP contribution >= 0.6 is 11.6 Å². The van der Waals surface area contributed by atoms with Crippen LogP contribution in [0, 0.1) is 10.1 Å². The number of rotatable bonds is 9. The highest BCUT2D eigenvalue weighted by Gasteiger charge is 2.36. The first-order valence-corrected chi connectivity index (χ1v) is 12.4. The molecule has 10 nitrogen and oxygen atoms in total. The minimum atomic E-state index is -0.843. The van der Waals surface area contributed by atoms with Crippen molar-refractivity contribution in [2.24, 2.45) is 0 Å². The van der Waals surface area contributed by atoms with Crippen molar-refractivity contribution in [2.45, 2.75) is 26.9 Å². The number of anilines is 1. The van der Waals surface area contributed by atoms with E-state index in [0.717, 1.165) is 16.9 Å². The number of amides is 4. The molecule has 4 rings (SSSR count). The lowest BCUT2D eigenvalue weighted by atomic mass is 10.1. The fraction of sp³-hybridized carbons (Fsp3) is 0.179. The van der Waals surface area contributed by atoms with Crippen LogP contribution in [0.25, 0.3) is 6.08 Å². The lowest BCUT2D eigenvalue weighted by Crippen LogP contribution is -2.54. The van der Waals surface area contributed by atoms with Crippen molar-refractivity contribution >= 4 is 46.9 Å². The Balaban J connectivity index is 1.64. The normalized spacial score (nSPS) is 14.4. The number of non-ortho nitro benzene ring substituents is 1. The fourth-order valence-corrected chi connectivity index (χ4v) is 4.20. The summed E-state index contributed by atoms with van der Waals surface area (Å²) in [4.78, 5) is 49.8. The van der Waals surface area contributed by atoms with Gasteiger partial charge < -0.3 is 9.47 Å². The quantitative estimate of drug-likeness (QED) is 0.162. The maximum Gasteiger partial charge on any atom is 0.335 e. The molecular formula is C28H24ClN3O7. The first-order valence-electron chi connectivity index (χ1n) is 12.0. The predicted octanol–water partition coefficient (Wildman–Crippen LogP) is 5.45. The maximum atomic E-state index is 13.2. The van der Waals surface area contributed by atoms with E-state index in [9.17, 15) is 24.5 Å². The minimum Gasteiger partial charge on any atom is -0.490 e. The van der Waals surface area contributed by atoms with E-state index in [2.05, 4.69) is 5.32 Å². The third kappa shape index (κ3) is 6.07. The van der Waals surface area contributed by atoms with Crippen LogP contribution in [0.4, 0.5) is 16.2 Å². The minimum absolute atomic E-state index is 0.0172. The van der Waals surface area contributed by atoms with Gasteiger partial charge in [-0.25, -0.2) is 9.69 Å². The first-order chi connectivity index (χ1) is 18.7. The second kappa shape index (κ2) is 11.8. The number of benzene rings is 3. The number of nitrogens with one attached hydrogen (secondary N) is 1. The zero-order valence-electron chi connectivity index (χ0n) is 21.1. The molecule has 0 saturated carbocycles. The van der Waals surface area contributed by atoms with Crippen molar-refractivity contribution in [1.82, 2.24) is 5.32 Å². The van der Waals surface area contributed by atoms with E-state index in [0.29, 0.717) is 16.8 Å². The summed E-state index contributed by atoms with van der Waals surface area (Å²) in [6.45, 7) is 3.99. The summed E-state index contributed by atoms with van der Waals surface area (Å²) in [5.74, 6) is -1.19. The van der Waals surface area contributed by atoms with E-state index < -0.39 is 22.8 Å². The summed E-state index contributed by atoms with van der Waals surface area (Å²) in [7, 11) is 0. The highest BCUT2D eigenvalue weighted by atomic mass is 35.5. The summed E-state index contributed by atoms with van der Waals surface area (Å²) in [6, 6.07) is 15.1. The topological polar surface area (TPSA) is 128 Å². The molecule has 3 aromatic carbocycles. The van der Waals surface area contributed by atoms with Gasteiger partial charge in [0.2, 0.25) is 0 Å². The number of carbonyl (C=O) groups excluding carboxylic acids is 3. The van der Waals surface area contributed by atoms with Crippen LogP contribution in [-0.4, -0.2) is 29.4 Å². The molecule has 39 heavy (non-hydrogen) atoms. The Bertz CT molecular complexity index is 1480. The molecule has 200 valence electrons. The fourth-order valence-electron chi connectivity index (χ4n) is 3.93. The molecule has 0 spiro atoms. The van der Waals surface area contributed by atoms with Gasteiger partial charge in [0, 0.05) is 12.1 Å². The van der Waals surface area contributed by atoms with Gasteiger partial charge in [0.05, 0.1) is 22.2 Å². The van der Waals surface area contributed by atoms with E-state index in [-0.39, 0.29) is 41.0 Å². The van der Waals surface area contributed by atoms with Crippen LogP contribution < -0.4 is 19.7 Å². The number of urea groups is 1. The molecule has 1 N–H and O–H groups in total. The van der Waals surface area contributed by atoms with Crippen molar-refractivity contribution in [3.05, 3.63) is 98.1 Å². The number of nitrogens with zero attached hydrogens (tertiary/aromatic N) is 2. The Labute approximate surface area is 228 Å². The van der Waals surface area contributed by atoms with Gasteiger partial charge in [0.1, 0.15) is 12.2 Å². The first kappa shape index (κ1) is 27.3. The lowest BCUT2D eigenvalue weighted by Gasteiger charge is -2.26. The molecule has 0 atom stereocenters. The number of imide groups is 2. The number of nitro benzene ring substituents is 1. The van der Waals surface area contributed by atoms with E-state index in [1.165, 1.54) is 24.3 Å². The highest BCUT2D eigenvalue weighted by molar-refractivity contribution is 6.39. The molecule has 11 heteroatoms. The van der Waals surface area contributed by atoms with Gasteiger partial charge in [-0.3, -0.25) is 25.0 Å². The van der Waals surface area contributed by atoms with Gasteiger partial charge in [-0.15, -0.1) is 0 Å². The van der Waals surface area contributed by atoms with Crippen molar-refractivity contribution < 1.29 is 28.8 Å². The molecule has 1 fully saturated rings. The number of hydrogen-bond acceptors (Lipinski definition) is 7. The van der Waals surface area contributed by atoms with Crippen LogP contribution in [0.2, 0.25) is 5.02 Å². The Kier molecular flexibility index (Phi) is 8.26. The second-order valence-corrected chi connectivity index (χ2v) is 8.86. The Morgan fingerprint density at radius 2 is 1.74 bits per heavy atom. The number of aryl methyl sites for hydroxylation is 1. The van der Waals surface area contributed by atoms with Gasteiger partial charge in [-0.2, -0.15) is 0 Å². The van der Waals surface area contributed by atoms with Crippen LogP contribution in [0.3, 0.4) is 0 Å². The lowest BCUT2D eigenvalue weighted by molar-refractivity contribution is -0.384. The largest absolute Gasteiger partial charge is 0.490 e. The highest BCUT2D eigenvalue weighted by Crippen LogP contribution is 2.38. The van der Waals surface area contributed by atoms with Crippen LogP contribution in [-0.2, 0) is 22.6 Å². The smallest absolute Gasteiger partial charge is 0.335 e. The maximum absolute atomic E-state index is 13.2. The third-order valence-electron chi connectivity index (χ3n) is 5.85. The molecule has 0 aliphatic carbocycles.